The van der Waals surface area contributed by atoms with Gasteiger partial charge in [-0.05, 0) is 44.9 Å². The number of sulfonamides is 1. The van der Waals surface area contributed by atoms with Crippen LogP contribution in [0.5, 0.6) is 0 Å². The van der Waals surface area contributed by atoms with E-state index in [9.17, 15) is 18.0 Å². The maximum Gasteiger partial charge on any atom is 0.338 e. The Bertz CT molecular complexity index is 904. The third-order valence-electron chi connectivity index (χ3n) is 5.45. The number of benzene rings is 1. The van der Waals surface area contributed by atoms with Crippen molar-refractivity contribution in [1.82, 2.24) is 9.21 Å². The van der Waals surface area contributed by atoms with E-state index in [1.165, 1.54) is 22.5 Å². The highest BCUT2D eigenvalue weighted by Crippen LogP contribution is 2.28. The highest BCUT2D eigenvalue weighted by molar-refractivity contribution is 7.89. The lowest BCUT2D eigenvalue weighted by Gasteiger charge is -2.35. The Kier molecular flexibility index (Phi) is 7.96. The van der Waals surface area contributed by atoms with Crippen molar-refractivity contribution in [2.45, 2.75) is 56.6 Å². The van der Waals surface area contributed by atoms with Crippen molar-refractivity contribution in [2.24, 2.45) is 0 Å². The SMILES string of the molecule is CC1CN(C(=O)COC(=O)c2ccc(Cl)c(S(=O)(=O)N3CCCCCC3)c2)CC(C)O1. The summed E-state index contributed by atoms with van der Waals surface area (Å²) in [6.45, 7) is 5.05. The highest BCUT2D eigenvalue weighted by atomic mass is 35.5. The summed E-state index contributed by atoms with van der Waals surface area (Å²) in [5.74, 6) is -1.09. The zero-order valence-electron chi connectivity index (χ0n) is 17.9. The molecule has 2 unspecified atom stereocenters. The zero-order chi connectivity index (χ0) is 22.6. The van der Waals surface area contributed by atoms with Crippen LogP contribution in [0.15, 0.2) is 23.1 Å². The summed E-state index contributed by atoms with van der Waals surface area (Å²) < 4.78 is 38.4. The van der Waals surface area contributed by atoms with Gasteiger partial charge in [0.25, 0.3) is 5.91 Å². The molecule has 2 saturated heterocycles. The average molecular weight is 473 g/mol. The molecule has 0 radical (unpaired) electrons. The lowest BCUT2D eigenvalue weighted by atomic mass is 10.2. The Hall–Kier alpha value is -1.68. The van der Waals surface area contributed by atoms with Gasteiger partial charge in [-0.1, -0.05) is 24.4 Å². The molecule has 172 valence electrons. The minimum absolute atomic E-state index is 0.0364. The maximum absolute atomic E-state index is 13.1. The largest absolute Gasteiger partial charge is 0.452 e. The molecule has 0 bridgehead atoms. The van der Waals surface area contributed by atoms with Gasteiger partial charge < -0.3 is 14.4 Å². The van der Waals surface area contributed by atoms with E-state index < -0.39 is 22.6 Å². The number of amides is 1. The number of rotatable bonds is 5. The van der Waals surface area contributed by atoms with Crippen molar-refractivity contribution in [3.8, 4) is 0 Å². The molecule has 8 nitrogen and oxygen atoms in total. The zero-order valence-corrected chi connectivity index (χ0v) is 19.5. The van der Waals surface area contributed by atoms with Crippen molar-refractivity contribution >= 4 is 33.5 Å². The Morgan fingerprint density at radius 1 is 1.10 bits per heavy atom. The quantitative estimate of drug-likeness (QED) is 0.612. The molecule has 2 atom stereocenters. The van der Waals surface area contributed by atoms with Gasteiger partial charge in [-0.3, -0.25) is 4.79 Å². The Balaban J connectivity index is 1.69. The highest BCUT2D eigenvalue weighted by Gasteiger charge is 2.29. The van der Waals surface area contributed by atoms with Crippen LogP contribution in [0.3, 0.4) is 0 Å². The molecule has 2 heterocycles. The van der Waals surface area contributed by atoms with E-state index in [1.54, 1.807) is 4.90 Å². The Morgan fingerprint density at radius 3 is 2.32 bits per heavy atom. The van der Waals surface area contributed by atoms with Crippen molar-refractivity contribution in [3.05, 3.63) is 28.8 Å². The van der Waals surface area contributed by atoms with Gasteiger partial charge >= 0.3 is 5.97 Å². The second-order valence-corrected chi connectivity index (χ2v) is 10.4. The molecule has 1 aromatic rings. The number of hydrogen-bond donors (Lipinski definition) is 0. The molecule has 0 aliphatic carbocycles. The van der Waals surface area contributed by atoms with Crippen LogP contribution in [0, 0.1) is 0 Å². The first-order valence-corrected chi connectivity index (χ1v) is 12.4. The molecular weight excluding hydrogens is 444 g/mol. The van der Waals surface area contributed by atoms with Gasteiger partial charge in [0.15, 0.2) is 6.61 Å². The monoisotopic (exact) mass is 472 g/mol. The summed E-state index contributed by atoms with van der Waals surface area (Å²) in [5.41, 5.74) is 0.0364. The van der Waals surface area contributed by atoms with Crippen LogP contribution in [0.4, 0.5) is 0 Å². The average Bonchev–Trinajstić information content (AvgIpc) is 3.01. The van der Waals surface area contributed by atoms with Crippen LogP contribution in [-0.4, -0.2) is 74.5 Å². The van der Waals surface area contributed by atoms with Gasteiger partial charge in [-0.2, -0.15) is 4.31 Å². The predicted molar refractivity (Wildman–Crippen MR) is 116 cm³/mol. The van der Waals surface area contributed by atoms with E-state index in [4.69, 9.17) is 21.1 Å². The molecule has 0 aromatic heterocycles. The molecule has 2 aliphatic heterocycles. The first-order valence-electron chi connectivity index (χ1n) is 10.6. The lowest BCUT2D eigenvalue weighted by Crippen LogP contribution is -2.49. The number of hydrogen-bond acceptors (Lipinski definition) is 6. The molecule has 2 aliphatic rings. The molecule has 10 heteroatoms. The van der Waals surface area contributed by atoms with Crippen LogP contribution < -0.4 is 0 Å². The molecular formula is C21H29ClN2O6S. The molecule has 2 fully saturated rings. The third-order valence-corrected chi connectivity index (χ3v) is 7.83. The summed E-state index contributed by atoms with van der Waals surface area (Å²) in [4.78, 5) is 26.4. The molecule has 0 saturated carbocycles. The summed E-state index contributed by atoms with van der Waals surface area (Å²) in [5, 5.41) is 0.0492. The number of halogens is 1. The Morgan fingerprint density at radius 2 is 1.71 bits per heavy atom. The molecule has 31 heavy (non-hydrogen) atoms. The van der Waals surface area contributed by atoms with Gasteiger partial charge in [0.2, 0.25) is 10.0 Å². The van der Waals surface area contributed by atoms with Gasteiger partial charge in [0.05, 0.1) is 22.8 Å². The van der Waals surface area contributed by atoms with E-state index >= 15 is 0 Å². The molecule has 0 spiro atoms. The fourth-order valence-electron chi connectivity index (χ4n) is 3.93. The molecule has 3 rings (SSSR count). The second kappa shape index (κ2) is 10.3. The van der Waals surface area contributed by atoms with Gasteiger partial charge in [0, 0.05) is 26.2 Å². The minimum atomic E-state index is -3.83. The van der Waals surface area contributed by atoms with E-state index in [0.29, 0.717) is 26.2 Å². The number of morpholine rings is 1. The summed E-state index contributed by atoms with van der Waals surface area (Å²) in [6.07, 6.45) is 3.37. The van der Waals surface area contributed by atoms with E-state index in [2.05, 4.69) is 0 Å². The molecule has 1 amide bonds. The van der Waals surface area contributed by atoms with Gasteiger partial charge in [-0.25, -0.2) is 13.2 Å². The van der Waals surface area contributed by atoms with Crippen LogP contribution in [-0.2, 0) is 24.3 Å². The number of carbonyl (C=O) groups is 2. The summed E-state index contributed by atoms with van der Waals surface area (Å²) in [6, 6.07) is 4.00. The number of ether oxygens (including phenoxy) is 2. The number of nitrogens with zero attached hydrogens (tertiary/aromatic N) is 2. The second-order valence-electron chi connectivity index (χ2n) is 8.10. The van der Waals surface area contributed by atoms with Crippen molar-refractivity contribution in [2.75, 3.05) is 32.8 Å². The van der Waals surface area contributed by atoms with Gasteiger partial charge in [-0.15, -0.1) is 0 Å². The molecule has 1 aromatic carbocycles. The van der Waals surface area contributed by atoms with Crippen LogP contribution >= 0.6 is 11.6 Å². The third kappa shape index (κ3) is 5.97. The minimum Gasteiger partial charge on any atom is -0.452 e. The standard InChI is InChI=1S/C21H29ClN2O6S/c1-15-12-23(13-16(2)30-15)20(25)14-29-21(26)17-7-8-18(22)19(11-17)31(27,28)24-9-5-3-4-6-10-24/h7-8,11,15-16H,3-6,9-10,12-14H2,1-2H3. The number of esters is 1. The normalized spacial score (nSPS) is 23.3. The maximum atomic E-state index is 13.1. The summed E-state index contributed by atoms with van der Waals surface area (Å²) in [7, 11) is -3.83. The first-order chi connectivity index (χ1) is 14.7. The Labute approximate surface area is 188 Å². The van der Waals surface area contributed by atoms with Gasteiger partial charge in [0.1, 0.15) is 4.90 Å². The van der Waals surface area contributed by atoms with Crippen molar-refractivity contribution in [1.29, 1.82) is 0 Å². The topological polar surface area (TPSA) is 93.2 Å². The van der Waals surface area contributed by atoms with Crippen LogP contribution in [0.2, 0.25) is 5.02 Å². The van der Waals surface area contributed by atoms with Crippen molar-refractivity contribution in [3.63, 3.8) is 0 Å². The van der Waals surface area contributed by atoms with E-state index in [0.717, 1.165) is 25.7 Å². The van der Waals surface area contributed by atoms with Crippen molar-refractivity contribution < 1.29 is 27.5 Å². The first kappa shape index (κ1) is 24.0. The van der Waals surface area contributed by atoms with E-state index in [1.807, 2.05) is 13.8 Å². The van der Waals surface area contributed by atoms with Crippen LogP contribution in [0.25, 0.3) is 0 Å². The fraction of sp³-hybridized carbons (Fsp3) is 0.619. The predicted octanol–water partition coefficient (Wildman–Crippen LogP) is 2.70. The lowest BCUT2D eigenvalue weighted by molar-refractivity contribution is -0.146. The van der Waals surface area contributed by atoms with Crippen LogP contribution in [0.1, 0.15) is 49.9 Å². The smallest absolute Gasteiger partial charge is 0.338 e. The fourth-order valence-corrected chi connectivity index (χ4v) is 5.95. The molecule has 0 N–H and O–H groups in total. The summed E-state index contributed by atoms with van der Waals surface area (Å²) >= 11 is 6.17. The van der Waals surface area contributed by atoms with E-state index in [-0.39, 0.29) is 33.6 Å². The number of carbonyl (C=O) groups excluding carboxylic acids is 2.